The molecule has 0 N–H and O–H groups in total. The van der Waals surface area contributed by atoms with Gasteiger partial charge in [0.05, 0.1) is 0 Å². The number of hydrogen-bond acceptors (Lipinski definition) is 1. The van der Waals surface area contributed by atoms with E-state index in [1.165, 1.54) is 0 Å². The van der Waals surface area contributed by atoms with Crippen molar-refractivity contribution in [1.29, 1.82) is 0 Å². The largest absolute Gasteiger partial charge is 0.242 e. The van der Waals surface area contributed by atoms with Crippen LogP contribution in [-0.4, -0.2) is 5.71 Å². The van der Waals surface area contributed by atoms with Crippen molar-refractivity contribution in [2.75, 3.05) is 0 Å². The molecule has 11 heavy (non-hydrogen) atoms. The Morgan fingerprint density at radius 3 is 2.64 bits per heavy atom. The highest BCUT2D eigenvalue weighted by Gasteiger charge is 1.86. The molecule has 0 spiro atoms. The van der Waals surface area contributed by atoms with Crippen molar-refractivity contribution in [1.82, 2.24) is 0 Å². The Hall–Kier alpha value is -0.560. The van der Waals surface area contributed by atoms with E-state index in [4.69, 9.17) is 11.6 Å². The fourth-order valence-corrected chi connectivity index (χ4v) is 0.949. The van der Waals surface area contributed by atoms with Crippen molar-refractivity contribution < 1.29 is 0 Å². The van der Waals surface area contributed by atoms with Crippen LogP contribution in [-0.2, 0) is 0 Å². The molecule has 2 heteroatoms. The lowest BCUT2D eigenvalue weighted by Gasteiger charge is -1.90. The van der Waals surface area contributed by atoms with Gasteiger partial charge < -0.3 is 0 Å². The minimum Gasteiger partial charge on any atom is -0.242 e. The van der Waals surface area contributed by atoms with Crippen molar-refractivity contribution in [2.24, 2.45) is 4.99 Å². The van der Waals surface area contributed by atoms with Crippen molar-refractivity contribution in [2.45, 2.75) is 27.2 Å². The van der Waals surface area contributed by atoms with Gasteiger partial charge >= 0.3 is 0 Å². The van der Waals surface area contributed by atoms with Gasteiger partial charge in [0.25, 0.3) is 0 Å². The zero-order valence-electron chi connectivity index (χ0n) is 7.26. The zero-order chi connectivity index (χ0) is 8.69. The molecule has 0 radical (unpaired) electrons. The molecule has 0 heterocycles. The molecule has 0 aliphatic rings. The van der Waals surface area contributed by atoms with E-state index < -0.39 is 0 Å². The van der Waals surface area contributed by atoms with Crippen LogP contribution in [0.5, 0.6) is 0 Å². The summed E-state index contributed by atoms with van der Waals surface area (Å²) in [6, 6.07) is 0. The quantitative estimate of drug-likeness (QED) is 0.455. The molecule has 0 bridgehead atoms. The Kier molecular flexibility index (Phi) is 5.86. The highest BCUT2D eigenvalue weighted by Crippen LogP contribution is 2.04. The second kappa shape index (κ2) is 6.17. The summed E-state index contributed by atoms with van der Waals surface area (Å²) < 4.78 is 0. The van der Waals surface area contributed by atoms with Crippen LogP contribution >= 0.6 is 11.6 Å². The Balaban J connectivity index is 4.18. The Bertz CT molecular complexity index is 190. The molecule has 0 amide bonds. The first-order chi connectivity index (χ1) is 5.20. The first-order valence-electron chi connectivity index (χ1n) is 3.74. The van der Waals surface area contributed by atoms with Gasteiger partial charge in [-0.25, -0.2) is 4.99 Å². The number of nitrogens with zero attached hydrogens (tertiary/aromatic N) is 1. The van der Waals surface area contributed by atoms with Crippen LogP contribution in [0.2, 0.25) is 0 Å². The highest BCUT2D eigenvalue weighted by atomic mass is 35.5. The summed E-state index contributed by atoms with van der Waals surface area (Å²) in [5.41, 5.74) is 0.933. The van der Waals surface area contributed by atoms with Gasteiger partial charge in [-0.05, 0) is 32.4 Å². The molecule has 1 nitrogen and oxygen atoms in total. The minimum absolute atomic E-state index is 0.572. The summed E-state index contributed by atoms with van der Waals surface area (Å²) in [5, 5.41) is 0.572. The Morgan fingerprint density at radius 2 is 2.18 bits per heavy atom. The lowest BCUT2D eigenvalue weighted by atomic mass is 10.4. The van der Waals surface area contributed by atoms with Crippen LogP contribution in [0.3, 0.4) is 0 Å². The third kappa shape index (κ3) is 5.86. The van der Waals surface area contributed by atoms with E-state index in [1.54, 1.807) is 0 Å². The van der Waals surface area contributed by atoms with E-state index in [1.807, 2.05) is 39.0 Å². The Morgan fingerprint density at radius 1 is 1.55 bits per heavy atom. The summed E-state index contributed by atoms with van der Waals surface area (Å²) in [6.45, 7) is 5.91. The molecule has 0 atom stereocenters. The summed E-state index contributed by atoms with van der Waals surface area (Å²) in [6.07, 6.45) is 6.67. The molecular formula is C9H14ClN. The van der Waals surface area contributed by atoms with Crippen molar-refractivity contribution in [3.63, 3.8) is 0 Å². The van der Waals surface area contributed by atoms with Crippen LogP contribution in [0.15, 0.2) is 28.4 Å². The second-order valence-electron chi connectivity index (χ2n) is 2.19. The topological polar surface area (TPSA) is 12.4 Å². The fraction of sp³-hybridized carbons (Fsp3) is 0.444. The monoisotopic (exact) mass is 171 g/mol. The predicted octanol–water partition coefficient (Wildman–Crippen LogP) is 3.51. The van der Waals surface area contributed by atoms with Crippen molar-refractivity contribution in [3.05, 3.63) is 23.4 Å². The summed E-state index contributed by atoms with van der Waals surface area (Å²) in [7, 11) is 0. The van der Waals surface area contributed by atoms with Crippen LogP contribution in [0.1, 0.15) is 27.2 Å². The summed E-state index contributed by atoms with van der Waals surface area (Å²) in [5.74, 6) is 0. The maximum Gasteiger partial charge on any atom is 0.125 e. The molecule has 62 valence electrons. The number of hydrogen-bond donors (Lipinski definition) is 0. The third-order valence-electron chi connectivity index (χ3n) is 1.06. The van der Waals surface area contributed by atoms with Crippen LogP contribution < -0.4 is 0 Å². The zero-order valence-corrected chi connectivity index (χ0v) is 8.02. The van der Waals surface area contributed by atoms with Crippen molar-refractivity contribution >= 4 is 17.3 Å². The van der Waals surface area contributed by atoms with Gasteiger partial charge in [0.2, 0.25) is 0 Å². The lowest BCUT2D eigenvalue weighted by Crippen LogP contribution is -1.82. The first kappa shape index (κ1) is 10.4. The first-order valence-corrected chi connectivity index (χ1v) is 4.12. The molecule has 0 aliphatic heterocycles. The van der Waals surface area contributed by atoms with E-state index in [0.717, 1.165) is 12.1 Å². The fourth-order valence-electron chi connectivity index (χ4n) is 0.661. The third-order valence-corrected chi connectivity index (χ3v) is 1.30. The van der Waals surface area contributed by atoms with E-state index in [2.05, 4.69) is 4.99 Å². The van der Waals surface area contributed by atoms with Gasteiger partial charge in [0, 0.05) is 5.71 Å². The molecule has 0 aromatic heterocycles. The van der Waals surface area contributed by atoms with Gasteiger partial charge in [-0.15, -0.1) is 0 Å². The molecular weight excluding hydrogens is 158 g/mol. The molecule has 0 aliphatic carbocycles. The maximum absolute atomic E-state index is 5.75. The van der Waals surface area contributed by atoms with E-state index in [0.29, 0.717) is 5.16 Å². The Labute approximate surface area is 73.5 Å². The van der Waals surface area contributed by atoms with E-state index >= 15 is 0 Å². The van der Waals surface area contributed by atoms with Gasteiger partial charge in [0.1, 0.15) is 5.16 Å². The van der Waals surface area contributed by atoms with Gasteiger partial charge in [-0.2, -0.15) is 0 Å². The van der Waals surface area contributed by atoms with Crippen molar-refractivity contribution in [3.8, 4) is 0 Å². The van der Waals surface area contributed by atoms with Gasteiger partial charge in [-0.3, -0.25) is 0 Å². The normalized spacial score (nSPS) is 14.5. The molecule has 0 rings (SSSR count). The predicted molar refractivity (Wildman–Crippen MR) is 52.2 cm³/mol. The summed E-state index contributed by atoms with van der Waals surface area (Å²) >= 11 is 5.75. The number of allylic oxidation sites excluding steroid dienone is 3. The molecule has 0 aromatic rings. The van der Waals surface area contributed by atoms with E-state index in [-0.39, 0.29) is 0 Å². The second-order valence-corrected chi connectivity index (χ2v) is 2.58. The average Bonchev–Trinajstić information content (AvgIpc) is 1.87. The molecule has 0 unspecified atom stereocenters. The summed E-state index contributed by atoms with van der Waals surface area (Å²) in [4.78, 5) is 4.11. The van der Waals surface area contributed by atoms with Crippen LogP contribution in [0.25, 0.3) is 0 Å². The molecule has 0 saturated carbocycles. The average molecular weight is 172 g/mol. The molecule has 0 aromatic carbocycles. The highest BCUT2D eigenvalue weighted by molar-refractivity contribution is 6.30. The number of rotatable bonds is 3. The SMILES string of the molecule is C\C=C/C(C)=N\C(Cl)=C\CC. The maximum atomic E-state index is 5.75. The number of aliphatic imine (C=N–C) groups is 1. The lowest BCUT2D eigenvalue weighted by molar-refractivity contribution is 1.20. The van der Waals surface area contributed by atoms with Crippen LogP contribution in [0.4, 0.5) is 0 Å². The van der Waals surface area contributed by atoms with Gasteiger partial charge in [-0.1, -0.05) is 24.6 Å². The van der Waals surface area contributed by atoms with Gasteiger partial charge in [0.15, 0.2) is 0 Å². The molecule has 0 fully saturated rings. The molecule has 0 saturated heterocycles. The van der Waals surface area contributed by atoms with Crippen LogP contribution in [0, 0.1) is 0 Å². The minimum atomic E-state index is 0.572. The standard InChI is InChI=1S/C9H14ClN/c1-4-6-8(3)11-9(10)7-5-2/h4,6-7H,5H2,1-3H3/b6-4-,9-7+,11-8-. The van der Waals surface area contributed by atoms with E-state index in [9.17, 15) is 0 Å². The smallest absolute Gasteiger partial charge is 0.125 e. The number of halogens is 1.